The molecule has 1 aromatic rings. The fourth-order valence-electron chi connectivity index (χ4n) is 3.16. The van der Waals surface area contributed by atoms with Gasteiger partial charge in [-0.05, 0) is 37.3 Å². The van der Waals surface area contributed by atoms with Crippen molar-refractivity contribution in [1.29, 1.82) is 5.26 Å². The van der Waals surface area contributed by atoms with Crippen molar-refractivity contribution in [1.82, 2.24) is 5.32 Å². The highest BCUT2D eigenvalue weighted by Crippen LogP contribution is 2.30. The molecule has 1 aliphatic rings. The number of rotatable bonds is 5. The Morgan fingerprint density at radius 2 is 2.08 bits per heavy atom. The van der Waals surface area contributed by atoms with E-state index in [0.29, 0.717) is 28.9 Å². The van der Waals surface area contributed by atoms with Gasteiger partial charge in [0.2, 0.25) is 0 Å². The molecule has 0 spiro atoms. The van der Waals surface area contributed by atoms with Gasteiger partial charge in [0.05, 0.1) is 18.7 Å². The molecule has 1 amide bonds. The average molecular weight is 330 g/mol. The number of nitrogens with one attached hydrogen (secondary N) is 1. The van der Waals surface area contributed by atoms with E-state index < -0.39 is 6.10 Å². The van der Waals surface area contributed by atoms with Gasteiger partial charge in [0, 0.05) is 12.1 Å². The molecule has 0 saturated heterocycles. The fraction of sp³-hybridized carbons (Fsp3) is 0.579. The third kappa shape index (κ3) is 4.19. The molecule has 1 saturated carbocycles. The van der Waals surface area contributed by atoms with Crippen LogP contribution in [0.2, 0.25) is 0 Å². The molecule has 0 heterocycles. The van der Waals surface area contributed by atoms with E-state index in [-0.39, 0.29) is 11.9 Å². The maximum atomic E-state index is 12.5. The van der Waals surface area contributed by atoms with E-state index >= 15 is 0 Å². The number of carbonyl (C=O) groups is 1. The van der Waals surface area contributed by atoms with E-state index in [2.05, 4.69) is 25.2 Å². The highest BCUT2D eigenvalue weighted by Gasteiger charge is 2.29. The lowest BCUT2D eigenvalue weighted by molar-refractivity contribution is -0.128. The van der Waals surface area contributed by atoms with Crippen molar-refractivity contribution >= 4 is 5.91 Å². The second-order valence-corrected chi connectivity index (χ2v) is 6.62. The number of nitrogens with zero attached hydrogens (tertiary/aromatic N) is 1. The third-order valence-corrected chi connectivity index (χ3v) is 5.00. The van der Waals surface area contributed by atoms with Crippen LogP contribution in [0.1, 0.15) is 45.6 Å². The Hall–Kier alpha value is -2.22. The minimum Gasteiger partial charge on any atom is -0.493 e. The quantitative estimate of drug-likeness (QED) is 0.899. The van der Waals surface area contributed by atoms with Gasteiger partial charge in [0.25, 0.3) is 5.91 Å². The summed E-state index contributed by atoms with van der Waals surface area (Å²) in [4.78, 5) is 12.5. The Morgan fingerprint density at radius 1 is 1.33 bits per heavy atom. The summed E-state index contributed by atoms with van der Waals surface area (Å²) in [6, 6.07) is 7.16. The minimum atomic E-state index is -0.628. The van der Waals surface area contributed by atoms with Crippen LogP contribution in [0.15, 0.2) is 18.2 Å². The van der Waals surface area contributed by atoms with Crippen molar-refractivity contribution in [2.75, 3.05) is 7.11 Å². The normalized spacial score (nSPS) is 24.5. The van der Waals surface area contributed by atoms with E-state index in [4.69, 9.17) is 14.7 Å². The van der Waals surface area contributed by atoms with Crippen molar-refractivity contribution < 1.29 is 14.3 Å². The Morgan fingerprint density at radius 3 is 2.75 bits per heavy atom. The maximum absolute atomic E-state index is 12.5. The monoisotopic (exact) mass is 330 g/mol. The average Bonchev–Trinajstić information content (AvgIpc) is 2.59. The summed E-state index contributed by atoms with van der Waals surface area (Å²) in [6.07, 6.45) is 2.76. The first-order valence-electron chi connectivity index (χ1n) is 8.51. The van der Waals surface area contributed by atoms with Crippen LogP contribution in [0.4, 0.5) is 0 Å². The number of amides is 1. The predicted molar refractivity (Wildman–Crippen MR) is 91.9 cm³/mol. The fourth-order valence-corrected chi connectivity index (χ4v) is 3.16. The summed E-state index contributed by atoms with van der Waals surface area (Å²) >= 11 is 0. The number of ether oxygens (including phenoxy) is 2. The molecule has 2 rings (SSSR count). The van der Waals surface area contributed by atoms with Gasteiger partial charge in [-0.3, -0.25) is 4.79 Å². The molecule has 0 bridgehead atoms. The zero-order valence-corrected chi connectivity index (χ0v) is 14.8. The van der Waals surface area contributed by atoms with Crippen molar-refractivity contribution in [2.45, 2.75) is 52.2 Å². The van der Waals surface area contributed by atoms with E-state index in [0.717, 1.165) is 12.8 Å². The third-order valence-electron chi connectivity index (χ3n) is 5.00. The first-order chi connectivity index (χ1) is 11.5. The van der Waals surface area contributed by atoms with Crippen LogP contribution in [-0.2, 0) is 4.79 Å². The van der Waals surface area contributed by atoms with Gasteiger partial charge < -0.3 is 14.8 Å². The van der Waals surface area contributed by atoms with Gasteiger partial charge in [-0.2, -0.15) is 5.26 Å². The van der Waals surface area contributed by atoms with E-state index in [1.807, 2.05) is 0 Å². The molecule has 0 unspecified atom stereocenters. The SMILES string of the molecule is COc1cc(C#N)ccc1O[C@H](C)C(=O)N[C@@H]1CCC[C@@H](C)[C@H]1C. The number of benzene rings is 1. The molecule has 5 nitrogen and oxygen atoms in total. The summed E-state index contributed by atoms with van der Waals surface area (Å²) < 4.78 is 11.0. The first kappa shape index (κ1) is 18.1. The smallest absolute Gasteiger partial charge is 0.261 e. The molecule has 0 aromatic heterocycles. The molecule has 24 heavy (non-hydrogen) atoms. The van der Waals surface area contributed by atoms with Crippen LogP contribution in [0.3, 0.4) is 0 Å². The second-order valence-electron chi connectivity index (χ2n) is 6.62. The molecule has 4 atom stereocenters. The Kier molecular flexibility index (Phi) is 6.08. The number of methoxy groups -OCH3 is 1. The zero-order chi connectivity index (χ0) is 17.7. The highest BCUT2D eigenvalue weighted by molar-refractivity contribution is 5.81. The van der Waals surface area contributed by atoms with Gasteiger partial charge in [-0.25, -0.2) is 0 Å². The van der Waals surface area contributed by atoms with E-state index in [1.54, 1.807) is 25.1 Å². The molecular weight excluding hydrogens is 304 g/mol. The predicted octanol–water partition coefficient (Wildman–Crippen LogP) is 3.28. The largest absolute Gasteiger partial charge is 0.493 e. The lowest BCUT2D eigenvalue weighted by Crippen LogP contribution is -2.48. The summed E-state index contributed by atoms with van der Waals surface area (Å²) in [6.45, 7) is 6.17. The van der Waals surface area contributed by atoms with Crippen molar-refractivity contribution in [3.8, 4) is 17.6 Å². The summed E-state index contributed by atoms with van der Waals surface area (Å²) in [5.41, 5.74) is 0.487. The topological polar surface area (TPSA) is 71.3 Å². The molecule has 130 valence electrons. The van der Waals surface area contributed by atoms with Crippen molar-refractivity contribution in [3.05, 3.63) is 23.8 Å². The molecule has 1 fully saturated rings. The van der Waals surface area contributed by atoms with Crippen LogP contribution < -0.4 is 14.8 Å². The molecule has 0 aliphatic heterocycles. The maximum Gasteiger partial charge on any atom is 0.261 e. The van der Waals surface area contributed by atoms with Crippen LogP contribution in [0.25, 0.3) is 0 Å². The van der Waals surface area contributed by atoms with Gasteiger partial charge in [0.1, 0.15) is 0 Å². The summed E-state index contributed by atoms with van der Waals surface area (Å²) in [5, 5.41) is 12.1. The molecule has 0 radical (unpaired) electrons. The molecule has 1 aromatic carbocycles. The Balaban J connectivity index is 2.00. The van der Waals surface area contributed by atoms with Crippen LogP contribution in [0, 0.1) is 23.2 Å². The van der Waals surface area contributed by atoms with E-state index in [9.17, 15) is 4.79 Å². The lowest BCUT2D eigenvalue weighted by atomic mass is 9.78. The van der Waals surface area contributed by atoms with Gasteiger partial charge in [-0.15, -0.1) is 0 Å². The Labute approximate surface area is 144 Å². The van der Waals surface area contributed by atoms with Crippen molar-refractivity contribution in [3.63, 3.8) is 0 Å². The van der Waals surface area contributed by atoms with Gasteiger partial charge in [0.15, 0.2) is 17.6 Å². The van der Waals surface area contributed by atoms with Gasteiger partial charge in [-0.1, -0.05) is 26.7 Å². The molecule has 5 heteroatoms. The molecular formula is C19H26N2O3. The Bertz CT molecular complexity index is 624. The lowest BCUT2D eigenvalue weighted by Gasteiger charge is -2.35. The van der Waals surface area contributed by atoms with Crippen LogP contribution in [0.5, 0.6) is 11.5 Å². The molecule has 1 aliphatic carbocycles. The van der Waals surface area contributed by atoms with Gasteiger partial charge >= 0.3 is 0 Å². The van der Waals surface area contributed by atoms with Crippen LogP contribution >= 0.6 is 0 Å². The number of carbonyl (C=O) groups excluding carboxylic acids is 1. The minimum absolute atomic E-state index is 0.118. The highest BCUT2D eigenvalue weighted by atomic mass is 16.5. The first-order valence-corrected chi connectivity index (χ1v) is 8.51. The number of nitriles is 1. The molecule has 1 N–H and O–H groups in total. The van der Waals surface area contributed by atoms with Crippen LogP contribution in [-0.4, -0.2) is 25.2 Å². The number of hydrogen-bond acceptors (Lipinski definition) is 4. The second kappa shape index (κ2) is 8.05. The zero-order valence-electron chi connectivity index (χ0n) is 14.8. The standard InChI is InChI=1S/C19H26N2O3/c1-12-6-5-7-16(13(12)2)21-19(22)14(3)24-17-9-8-15(11-20)10-18(17)23-4/h8-10,12-14,16H,5-7H2,1-4H3,(H,21,22)/t12-,13-,14-,16-/m1/s1. The summed E-state index contributed by atoms with van der Waals surface area (Å²) in [7, 11) is 1.51. The van der Waals surface area contributed by atoms with E-state index in [1.165, 1.54) is 13.5 Å². The summed E-state index contributed by atoms with van der Waals surface area (Å²) in [5.74, 6) is 1.89. The van der Waals surface area contributed by atoms with Crippen molar-refractivity contribution in [2.24, 2.45) is 11.8 Å². The number of hydrogen-bond donors (Lipinski definition) is 1.